The van der Waals surface area contributed by atoms with E-state index in [9.17, 15) is 0 Å². The summed E-state index contributed by atoms with van der Waals surface area (Å²) in [5.74, 6) is 3.74. The molecule has 0 aromatic heterocycles. The van der Waals surface area contributed by atoms with E-state index in [1.54, 1.807) is 0 Å². The van der Waals surface area contributed by atoms with Crippen molar-refractivity contribution < 1.29 is 0 Å². The first kappa shape index (κ1) is 8.27. The number of hydrogen-bond acceptors (Lipinski definition) is 3. The Kier molecular flexibility index (Phi) is 2.69. The van der Waals surface area contributed by atoms with Crippen LogP contribution in [0.25, 0.3) is 0 Å². The Morgan fingerprint density at radius 2 is 2.09 bits per heavy atom. The maximum atomic E-state index is 2.56. The number of nitrogens with zero attached hydrogens (tertiary/aromatic N) is 1. The van der Waals surface area contributed by atoms with Crippen molar-refractivity contribution in [2.24, 2.45) is 5.92 Å². The molecule has 0 unspecified atom stereocenters. The molecule has 1 nitrogen and oxygen atoms in total. The highest BCUT2D eigenvalue weighted by Crippen LogP contribution is 2.38. The second kappa shape index (κ2) is 3.58. The summed E-state index contributed by atoms with van der Waals surface area (Å²) in [6, 6.07) is 0.898. The van der Waals surface area contributed by atoms with Crippen molar-refractivity contribution in [1.82, 2.24) is 4.90 Å². The lowest BCUT2D eigenvalue weighted by molar-refractivity contribution is 0.150. The van der Waals surface area contributed by atoms with Crippen LogP contribution in [0.2, 0.25) is 0 Å². The van der Waals surface area contributed by atoms with Crippen molar-refractivity contribution in [1.29, 1.82) is 0 Å². The van der Waals surface area contributed by atoms with Crippen molar-refractivity contribution in [2.45, 2.75) is 18.9 Å². The molecule has 0 amide bonds. The minimum atomic E-state index is 0.898. The highest BCUT2D eigenvalue weighted by molar-refractivity contribution is 8.76. The second-order valence-corrected chi connectivity index (χ2v) is 6.07. The van der Waals surface area contributed by atoms with Gasteiger partial charge >= 0.3 is 0 Å². The van der Waals surface area contributed by atoms with Crippen molar-refractivity contribution in [3.05, 3.63) is 0 Å². The van der Waals surface area contributed by atoms with E-state index in [4.69, 9.17) is 0 Å². The van der Waals surface area contributed by atoms with Gasteiger partial charge in [0.15, 0.2) is 0 Å². The molecular formula is C8H15NS2. The Morgan fingerprint density at radius 1 is 1.27 bits per heavy atom. The molecule has 2 fully saturated rings. The lowest BCUT2D eigenvalue weighted by atomic mass is 9.92. The van der Waals surface area contributed by atoms with Crippen molar-refractivity contribution >= 4 is 21.6 Å². The number of piperidine rings is 1. The average Bonchev–Trinajstić information content (AvgIpc) is 2.06. The maximum Gasteiger partial charge on any atom is 0.0228 e. The highest BCUT2D eigenvalue weighted by Gasteiger charge is 2.31. The predicted octanol–water partition coefficient (Wildman–Crippen LogP) is 2.09. The fourth-order valence-electron chi connectivity index (χ4n) is 2.03. The molecule has 2 rings (SSSR count). The summed E-state index contributed by atoms with van der Waals surface area (Å²) < 4.78 is 0. The largest absolute Gasteiger partial charge is 0.302 e. The fraction of sp³-hybridized carbons (Fsp3) is 1.00. The molecule has 3 heteroatoms. The monoisotopic (exact) mass is 189 g/mol. The molecule has 0 aliphatic carbocycles. The van der Waals surface area contributed by atoms with Crippen LogP contribution in [0.1, 0.15) is 12.8 Å². The zero-order chi connectivity index (χ0) is 7.68. The zero-order valence-electron chi connectivity index (χ0n) is 6.95. The van der Waals surface area contributed by atoms with Gasteiger partial charge in [0.1, 0.15) is 0 Å². The molecule has 0 spiro atoms. The Hall–Kier alpha value is 0.660. The van der Waals surface area contributed by atoms with Crippen molar-refractivity contribution in [2.75, 3.05) is 25.1 Å². The molecule has 0 aromatic rings. The third kappa shape index (κ3) is 1.70. The lowest BCUT2D eigenvalue weighted by Gasteiger charge is -2.41. The lowest BCUT2D eigenvalue weighted by Crippen LogP contribution is -2.46. The van der Waals surface area contributed by atoms with E-state index in [1.807, 2.05) is 0 Å². The van der Waals surface area contributed by atoms with Crippen molar-refractivity contribution in [3.63, 3.8) is 0 Å². The van der Waals surface area contributed by atoms with E-state index in [1.165, 1.54) is 30.9 Å². The standard InChI is InChI=1S/C8H15NS2/c1-9-4-2-3-7-5-10-11-6-8(7)9/h7-8H,2-6H2,1H3/t7-,8-/m0/s1. The first-order valence-electron chi connectivity index (χ1n) is 4.32. The first-order chi connectivity index (χ1) is 5.38. The molecule has 0 saturated carbocycles. The van der Waals surface area contributed by atoms with Gasteiger partial charge in [0.05, 0.1) is 0 Å². The van der Waals surface area contributed by atoms with E-state index in [0.29, 0.717) is 0 Å². The van der Waals surface area contributed by atoms with Gasteiger partial charge in [-0.05, 0) is 32.4 Å². The normalized spacial score (nSPS) is 40.1. The number of hydrogen-bond donors (Lipinski definition) is 0. The Labute approximate surface area is 76.7 Å². The van der Waals surface area contributed by atoms with Gasteiger partial charge in [0.2, 0.25) is 0 Å². The van der Waals surface area contributed by atoms with Crippen LogP contribution in [0.15, 0.2) is 0 Å². The third-order valence-corrected chi connectivity index (χ3v) is 5.33. The molecular weight excluding hydrogens is 174 g/mol. The van der Waals surface area contributed by atoms with Crippen LogP contribution < -0.4 is 0 Å². The fourth-order valence-corrected chi connectivity index (χ4v) is 4.97. The SMILES string of the molecule is CN1CCC[C@H]2CSSC[C@@H]21. The molecule has 2 atom stereocenters. The van der Waals surface area contributed by atoms with Crippen LogP contribution in [0, 0.1) is 5.92 Å². The summed E-state index contributed by atoms with van der Waals surface area (Å²) in [6.07, 6.45) is 2.89. The van der Waals surface area contributed by atoms with Gasteiger partial charge in [-0.15, -0.1) is 0 Å². The Morgan fingerprint density at radius 3 is 2.91 bits per heavy atom. The van der Waals surface area contributed by atoms with Gasteiger partial charge in [0.25, 0.3) is 0 Å². The van der Waals surface area contributed by atoms with Gasteiger partial charge < -0.3 is 4.90 Å². The van der Waals surface area contributed by atoms with Gasteiger partial charge in [0, 0.05) is 17.5 Å². The summed E-state index contributed by atoms with van der Waals surface area (Å²) in [6.45, 7) is 1.33. The van der Waals surface area contributed by atoms with Crippen LogP contribution in [-0.2, 0) is 0 Å². The van der Waals surface area contributed by atoms with Crippen LogP contribution in [0.5, 0.6) is 0 Å². The van der Waals surface area contributed by atoms with Gasteiger partial charge in [-0.3, -0.25) is 0 Å². The Balaban J connectivity index is 1.99. The molecule has 2 aliphatic heterocycles. The summed E-state index contributed by atoms with van der Waals surface area (Å²) in [5, 5.41) is 0. The maximum absolute atomic E-state index is 2.56. The minimum absolute atomic E-state index is 0.898. The molecule has 2 heterocycles. The third-order valence-electron chi connectivity index (χ3n) is 2.80. The first-order valence-corrected chi connectivity index (χ1v) is 6.81. The van der Waals surface area contributed by atoms with Gasteiger partial charge in [-0.2, -0.15) is 0 Å². The van der Waals surface area contributed by atoms with Gasteiger partial charge in [-0.25, -0.2) is 0 Å². The predicted molar refractivity (Wildman–Crippen MR) is 54.1 cm³/mol. The zero-order valence-corrected chi connectivity index (χ0v) is 8.59. The number of fused-ring (bicyclic) bond motifs is 1. The van der Waals surface area contributed by atoms with E-state index in [-0.39, 0.29) is 0 Å². The van der Waals surface area contributed by atoms with E-state index in [0.717, 1.165) is 12.0 Å². The van der Waals surface area contributed by atoms with Crippen LogP contribution in [-0.4, -0.2) is 36.0 Å². The van der Waals surface area contributed by atoms with Crippen LogP contribution in [0.3, 0.4) is 0 Å². The number of likely N-dealkylation sites (tertiary alicyclic amines) is 1. The molecule has 0 bridgehead atoms. The summed E-state index contributed by atoms with van der Waals surface area (Å²) >= 11 is 0. The van der Waals surface area contributed by atoms with Crippen LogP contribution in [0.4, 0.5) is 0 Å². The highest BCUT2D eigenvalue weighted by atomic mass is 33.1. The van der Waals surface area contributed by atoms with Crippen LogP contribution >= 0.6 is 21.6 Å². The quantitative estimate of drug-likeness (QED) is 0.537. The van der Waals surface area contributed by atoms with E-state index < -0.39 is 0 Å². The number of rotatable bonds is 0. The molecule has 0 aromatic carbocycles. The topological polar surface area (TPSA) is 3.24 Å². The molecule has 0 N–H and O–H groups in total. The van der Waals surface area contributed by atoms with Crippen molar-refractivity contribution in [3.8, 4) is 0 Å². The molecule has 2 aliphatic rings. The summed E-state index contributed by atoms with van der Waals surface area (Å²) in [7, 11) is 6.42. The molecule has 0 radical (unpaired) electrons. The minimum Gasteiger partial charge on any atom is -0.302 e. The average molecular weight is 189 g/mol. The smallest absolute Gasteiger partial charge is 0.0228 e. The second-order valence-electron chi connectivity index (χ2n) is 3.52. The Bertz CT molecular complexity index is 138. The molecule has 64 valence electrons. The summed E-state index contributed by atoms with van der Waals surface area (Å²) in [4.78, 5) is 2.56. The van der Waals surface area contributed by atoms with E-state index >= 15 is 0 Å². The van der Waals surface area contributed by atoms with E-state index in [2.05, 4.69) is 33.5 Å². The molecule has 2 saturated heterocycles. The molecule has 11 heavy (non-hydrogen) atoms. The summed E-state index contributed by atoms with van der Waals surface area (Å²) in [5.41, 5.74) is 0. The van der Waals surface area contributed by atoms with Gasteiger partial charge in [-0.1, -0.05) is 21.6 Å².